The average molecular weight is 415 g/mol. The normalized spacial score (nSPS) is 22.9. The molecule has 29 heavy (non-hydrogen) atoms. The highest BCUT2D eigenvalue weighted by Gasteiger charge is 2.44. The van der Waals surface area contributed by atoms with Gasteiger partial charge in [-0.1, -0.05) is 17.7 Å². The van der Waals surface area contributed by atoms with Gasteiger partial charge >= 0.3 is 12.1 Å². The number of carbonyl (C=O) groups excluding carboxylic acids is 1. The number of anilines is 1. The van der Waals surface area contributed by atoms with E-state index in [1.807, 2.05) is 37.3 Å². The minimum Gasteiger partial charge on any atom is -0.465 e. The van der Waals surface area contributed by atoms with Crippen LogP contribution in [0, 0.1) is 12.8 Å². The molecule has 6 nitrogen and oxygen atoms in total. The van der Waals surface area contributed by atoms with Gasteiger partial charge in [0, 0.05) is 23.2 Å². The number of likely N-dealkylation sites (tertiary alicyclic amines) is 1. The summed E-state index contributed by atoms with van der Waals surface area (Å²) in [5.41, 5.74) is 4.34. The van der Waals surface area contributed by atoms with E-state index in [2.05, 4.69) is 5.32 Å². The second kappa shape index (κ2) is 7.59. The lowest BCUT2D eigenvalue weighted by Crippen LogP contribution is -2.47. The van der Waals surface area contributed by atoms with Crippen molar-refractivity contribution in [2.45, 2.75) is 31.8 Å². The number of hydrogen-bond acceptors (Lipinski definition) is 4. The molecule has 2 aliphatic rings. The largest absolute Gasteiger partial charge is 0.465 e. The Morgan fingerprint density at radius 2 is 2.00 bits per heavy atom. The Kier molecular flexibility index (Phi) is 5.13. The molecule has 1 saturated heterocycles. The van der Waals surface area contributed by atoms with Crippen LogP contribution >= 0.6 is 11.6 Å². The maximum atomic E-state index is 12.0. The van der Waals surface area contributed by atoms with E-state index in [1.165, 1.54) is 12.0 Å². The highest BCUT2D eigenvalue weighted by atomic mass is 35.5. The zero-order valence-electron chi connectivity index (χ0n) is 16.3. The number of ether oxygens (including phenoxy) is 1. The fraction of sp³-hybridized carbons (Fsp3) is 0.364. The Bertz CT molecular complexity index is 977. The molecule has 1 amide bonds. The number of nitrogens with one attached hydrogen (secondary N) is 1. The van der Waals surface area contributed by atoms with Crippen LogP contribution in [0.2, 0.25) is 5.02 Å². The van der Waals surface area contributed by atoms with Crippen molar-refractivity contribution < 1.29 is 19.4 Å². The van der Waals surface area contributed by atoms with Gasteiger partial charge in [-0.2, -0.15) is 0 Å². The van der Waals surface area contributed by atoms with Gasteiger partial charge in [0.2, 0.25) is 0 Å². The summed E-state index contributed by atoms with van der Waals surface area (Å²) in [5, 5.41) is 14.0. The van der Waals surface area contributed by atoms with Gasteiger partial charge in [0.15, 0.2) is 0 Å². The monoisotopic (exact) mass is 414 g/mol. The lowest BCUT2D eigenvalue weighted by atomic mass is 9.73. The van der Waals surface area contributed by atoms with Crippen LogP contribution in [0.25, 0.3) is 0 Å². The van der Waals surface area contributed by atoms with E-state index in [4.69, 9.17) is 16.3 Å². The third-order valence-corrected chi connectivity index (χ3v) is 6.26. The molecule has 3 unspecified atom stereocenters. The lowest BCUT2D eigenvalue weighted by molar-refractivity contribution is 0.0599. The first-order chi connectivity index (χ1) is 13.9. The molecule has 0 radical (unpaired) electrons. The van der Waals surface area contributed by atoms with Crippen molar-refractivity contribution in [3.05, 3.63) is 63.7 Å². The van der Waals surface area contributed by atoms with Gasteiger partial charge in [0.05, 0.1) is 24.8 Å². The van der Waals surface area contributed by atoms with Gasteiger partial charge < -0.3 is 20.1 Å². The number of carbonyl (C=O) groups is 2. The van der Waals surface area contributed by atoms with E-state index in [9.17, 15) is 14.7 Å². The Morgan fingerprint density at radius 1 is 1.21 bits per heavy atom. The summed E-state index contributed by atoms with van der Waals surface area (Å²) in [4.78, 5) is 25.4. The zero-order valence-corrected chi connectivity index (χ0v) is 17.1. The topological polar surface area (TPSA) is 78.9 Å². The van der Waals surface area contributed by atoms with Gasteiger partial charge in [-0.3, -0.25) is 0 Å². The molecule has 7 heteroatoms. The summed E-state index contributed by atoms with van der Waals surface area (Å²) in [6.45, 7) is 2.48. The summed E-state index contributed by atoms with van der Waals surface area (Å²) >= 11 is 6.24. The van der Waals surface area contributed by atoms with Crippen LogP contribution in [0.5, 0.6) is 0 Å². The van der Waals surface area contributed by atoms with Crippen molar-refractivity contribution >= 4 is 29.4 Å². The second-order valence-electron chi connectivity index (χ2n) is 7.64. The number of hydrogen-bond donors (Lipinski definition) is 2. The fourth-order valence-electron chi connectivity index (χ4n) is 4.75. The number of carboxylic acid groups (broad SMARTS) is 1. The number of fused-ring (bicyclic) bond motifs is 3. The highest BCUT2D eigenvalue weighted by Crippen LogP contribution is 2.51. The molecule has 2 heterocycles. The lowest BCUT2D eigenvalue weighted by Gasteiger charge is -2.48. The van der Waals surface area contributed by atoms with Crippen LogP contribution in [0.1, 0.15) is 52.0 Å². The minimum absolute atomic E-state index is 0.0634. The van der Waals surface area contributed by atoms with E-state index < -0.39 is 6.09 Å². The Labute approximate surface area is 174 Å². The maximum Gasteiger partial charge on any atom is 0.407 e. The summed E-state index contributed by atoms with van der Waals surface area (Å²) in [6.07, 6.45) is 0.793. The third kappa shape index (κ3) is 3.42. The van der Waals surface area contributed by atoms with Crippen LogP contribution in [-0.2, 0) is 4.74 Å². The van der Waals surface area contributed by atoms with E-state index in [-0.39, 0.29) is 24.0 Å². The number of aryl methyl sites for hydroxylation is 1. The van der Waals surface area contributed by atoms with Gasteiger partial charge in [-0.05, 0) is 66.8 Å². The predicted octanol–water partition coefficient (Wildman–Crippen LogP) is 5.03. The van der Waals surface area contributed by atoms with Crippen molar-refractivity contribution in [3.8, 4) is 0 Å². The molecule has 3 atom stereocenters. The van der Waals surface area contributed by atoms with Gasteiger partial charge in [0.25, 0.3) is 0 Å². The molecule has 152 valence electrons. The first kappa shape index (κ1) is 19.6. The number of nitrogens with zero attached hydrogens (tertiary/aromatic N) is 1. The van der Waals surface area contributed by atoms with Crippen molar-refractivity contribution in [1.29, 1.82) is 0 Å². The number of piperidine rings is 1. The van der Waals surface area contributed by atoms with Crippen LogP contribution in [-0.4, -0.2) is 35.7 Å². The predicted molar refractivity (Wildman–Crippen MR) is 111 cm³/mol. The standard InChI is InChI=1S/C22H23ClN2O4/c1-12-10-13(21(26)29-2)5-7-15(12)19-16-4-3-9-25(22(27)28)20(16)17-11-14(23)6-8-18(17)24-19/h5-8,10-11,16,19-20,24H,3-4,9H2,1-2H3,(H,27,28). The van der Waals surface area contributed by atoms with Crippen LogP contribution in [0.3, 0.4) is 0 Å². The molecular weight excluding hydrogens is 392 g/mol. The molecule has 0 spiro atoms. The quantitative estimate of drug-likeness (QED) is 0.673. The molecule has 2 N–H and O–H groups in total. The maximum absolute atomic E-state index is 12.0. The average Bonchev–Trinajstić information content (AvgIpc) is 2.72. The number of amides is 1. The molecule has 0 bridgehead atoms. The number of benzene rings is 2. The molecular formula is C22H23ClN2O4. The molecule has 0 aliphatic carbocycles. The molecule has 2 aliphatic heterocycles. The van der Waals surface area contributed by atoms with Gasteiger partial charge in [-0.15, -0.1) is 0 Å². The number of esters is 1. The molecule has 0 saturated carbocycles. The van der Waals surface area contributed by atoms with Crippen LogP contribution in [0.4, 0.5) is 10.5 Å². The summed E-state index contributed by atoms with van der Waals surface area (Å²) in [6, 6.07) is 10.8. The third-order valence-electron chi connectivity index (χ3n) is 6.02. The number of halogens is 1. The zero-order chi connectivity index (χ0) is 20.7. The summed E-state index contributed by atoms with van der Waals surface area (Å²) < 4.78 is 4.82. The molecule has 4 rings (SSSR count). The van der Waals surface area contributed by atoms with E-state index in [1.54, 1.807) is 6.07 Å². The molecule has 1 fully saturated rings. The van der Waals surface area contributed by atoms with Crippen LogP contribution < -0.4 is 5.32 Å². The fourth-order valence-corrected chi connectivity index (χ4v) is 4.93. The van der Waals surface area contributed by atoms with Crippen molar-refractivity contribution in [2.75, 3.05) is 19.0 Å². The second-order valence-corrected chi connectivity index (χ2v) is 8.08. The Hall–Kier alpha value is -2.73. The van der Waals surface area contributed by atoms with Crippen LogP contribution in [0.15, 0.2) is 36.4 Å². The van der Waals surface area contributed by atoms with E-state index in [0.29, 0.717) is 17.1 Å². The van der Waals surface area contributed by atoms with E-state index in [0.717, 1.165) is 35.2 Å². The summed E-state index contributed by atoms with van der Waals surface area (Å²) in [7, 11) is 1.36. The van der Waals surface area contributed by atoms with Crippen molar-refractivity contribution in [1.82, 2.24) is 4.90 Å². The van der Waals surface area contributed by atoms with Crippen molar-refractivity contribution in [2.24, 2.45) is 5.92 Å². The number of methoxy groups -OCH3 is 1. The first-order valence-corrected chi connectivity index (χ1v) is 10.0. The number of rotatable bonds is 2. The van der Waals surface area contributed by atoms with Gasteiger partial charge in [-0.25, -0.2) is 9.59 Å². The Balaban J connectivity index is 1.80. The first-order valence-electron chi connectivity index (χ1n) is 9.65. The molecule has 2 aromatic rings. The van der Waals surface area contributed by atoms with Crippen molar-refractivity contribution in [3.63, 3.8) is 0 Å². The highest BCUT2D eigenvalue weighted by molar-refractivity contribution is 6.30. The summed E-state index contributed by atoms with van der Waals surface area (Å²) in [5.74, 6) is -0.308. The molecule has 0 aromatic heterocycles. The smallest absolute Gasteiger partial charge is 0.407 e. The SMILES string of the molecule is COC(=O)c1ccc(C2Nc3ccc(Cl)cc3C3C2CCCN3C(=O)O)c(C)c1. The van der Waals surface area contributed by atoms with Gasteiger partial charge in [0.1, 0.15) is 0 Å². The minimum atomic E-state index is -0.913. The molecule has 2 aromatic carbocycles. The Morgan fingerprint density at radius 3 is 2.69 bits per heavy atom. The van der Waals surface area contributed by atoms with E-state index >= 15 is 0 Å².